The standard InChI is InChI=1S/C16H17FN2O2/c1-10-7-15(17)19-9-13(10)12-6-4-3-5-11(12)8-14(18)16(20)21-2/h3-7,9,14H,8,18H2,1-2H3/t14-/m0/s1. The molecule has 0 saturated heterocycles. The van der Waals surface area contributed by atoms with Crippen LogP contribution in [0.2, 0.25) is 0 Å². The highest BCUT2D eigenvalue weighted by Crippen LogP contribution is 2.27. The minimum Gasteiger partial charge on any atom is -0.468 e. The number of halogens is 1. The third kappa shape index (κ3) is 3.44. The summed E-state index contributed by atoms with van der Waals surface area (Å²) in [5.41, 5.74) is 9.21. The number of pyridine rings is 1. The number of benzene rings is 1. The first kappa shape index (κ1) is 15.1. The van der Waals surface area contributed by atoms with E-state index in [9.17, 15) is 9.18 Å². The third-order valence-corrected chi connectivity index (χ3v) is 3.33. The van der Waals surface area contributed by atoms with Crippen LogP contribution in [0.15, 0.2) is 36.5 Å². The summed E-state index contributed by atoms with van der Waals surface area (Å²) in [6.45, 7) is 1.82. The summed E-state index contributed by atoms with van der Waals surface area (Å²) in [5, 5.41) is 0. The fourth-order valence-electron chi connectivity index (χ4n) is 2.24. The van der Waals surface area contributed by atoms with Gasteiger partial charge in [-0.15, -0.1) is 0 Å². The van der Waals surface area contributed by atoms with E-state index < -0.39 is 18.0 Å². The highest BCUT2D eigenvalue weighted by molar-refractivity contribution is 5.77. The molecule has 2 N–H and O–H groups in total. The van der Waals surface area contributed by atoms with Gasteiger partial charge in [-0.1, -0.05) is 24.3 Å². The van der Waals surface area contributed by atoms with Gasteiger partial charge in [-0.25, -0.2) is 4.98 Å². The molecule has 5 heteroatoms. The van der Waals surface area contributed by atoms with Crippen LogP contribution < -0.4 is 5.73 Å². The topological polar surface area (TPSA) is 65.2 Å². The predicted octanol–water partition coefficient (Wildman–Crippen LogP) is 2.24. The van der Waals surface area contributed by atoms with Crippen molar-refractivity contribution in [3.8, 4) is 11.1 Å². The first-order valence-electron chi connectivity index (χ1n) is 6.56. The van der Waals surface area contributed by atoms with Gasteiger partial charge in [0.15, 0.2) is 0 Å². The molecule has 0 aliphatic rings. The van der Waals surface area contributed by atoms with Crippen molar-refractivity contribution in [3.63, 3.8) is 0 Å². The second kappa shape index (κ2) is 6.45. The summed E-state index contributed by atoms with van der Waals surface area (Å²) in [6, 6.07) is 8.19. The summed E-state index contributed by atoms with van der Waals surface area (Å²) in [5.74, 6) is -0.973. The molecule has 4 nitrogen and oxygen atoms in total. The number of ether oxygens (including phenoxy) is 1. The lowest BCUT2D eigenvalue weighted by Crippen LogP contribution is -2.33. The molecule has 0 saturated carbocycles. The van der Waals surface area contributed by atoms with Gasteiger partial charge in [0.2, 0.25) is 5.95 Å². The molecule has 110 valence electrons. The van der Waals surface area contributed by atoms with E-state index >= 15 is 0 Å². The molecule has 0 unspecified atom stereocenters. The molecule has 0 fully saturated rings. The Hall–Kier alpha value is -2.27. The maximum Gasteiger partial charge on any atom is 0.322 e. The van der Waals surface area contributed by atoms with Crippen molar-refractivity contribution in [2.75, 3.05) is 7.11 Å². The molecule has 21 heavy (non-hydrogen) atoms. The highest BCUT2D eigenvalue weighted by atomic mass is 19.1. The smallest absolute Gasteiger partial charge is 0.322 e. The average molecular weight is 288 g/mol. The second-order valence-corrected chi connectivity index (χ2v) is 4.81. The number of carbonyl (C=O) groups excluding carboxylic acids is 1. The summed E-state index contributed by atoms with van der Waals surface area (Å²) >= 11 is 0. The lowest BCUT2D eigenvalue weighted by atomic mass is 9.94. The van der Waals surface area contributed by atoms with E-state index in [1.54, 1.807) is 0 Å². The highest BCUT2D eigenvalue weighted by Gasteiger charge is 2.17. The van der Waals surface area contributed by atoms with Gasteiger partial charge in [-0.2, -0.15) is 4.39 Å². The molecule has 2 rings (SSSR count). The number of hydrogen-bond donors (Lipinski definition) is 1. The average Bonchev–Trinajstić information content (AvgIpc) is 2.47. The van der Waals surface area contributed by atoms with E-state index in [1.165, 1.54) is 19.4 Å². The zero-order chi connectivity index (χ0) is 15.4. The van der Waals surface area contributed by atoms with Gasteiger partial charge < -0.3 is 10.5 Å². The van der Waals surface area contributed by atoms with E-state index in [1.807, 2.05) is 31.2 Å². The van der Waals surface area contributed by atoms with E-state index in [4.69, 9.17) is 5.73 Å². The van der Waals surface area contributed by atoms with Gasteiger partial charge in [0.25, 0.3) is 0 Å². The second-order valence-electron chi connectivity index (χ2n) is 4.81. The lowest BCUT2D eigenvalue weighted by Gasteiger charge is -2.14. The number of hydrogen-bond acceptors (Lipinski definition) is 4. The third-order valence-electron chi connectivity index (χ3n) is 3.33. The Bertz CT molecular complexity index is 658. The first-order valence-corrected chi connectivity index (χ1v) is 6.56. The number of nitrogens with two attached hydrogens (primary N) is 1. The van der Waals surface area contributed by atoms with Crippen molar-refractivity contribution in [2.45, 2.75) is 19.4 Å². The van der Waals surface area contributed by atoms with Crippen LogP contribution in [0.25, 0.3) is 11.1 Å². The molecule has 1 heterocycles. The van der Waals surface area contributed by atoms with Crippen molar-refractivity contribution in [1.82, 2.24) is 4.98 Å². The maximum absolute atomic E-state index is 13.1. The Morgan fingerprint density at radius 2 is 2.10 bits per heavy atom. The van der Waals surface area contributed by atoms with Gasteiger partial charge in [-0.05, 0) is 36.1 Å². The molecule has 0 spiro atoms. The van der Waals surface area contributed by atoms with Crippen molar-refractivity contribution in [3.05, 3.63) is 53.6 Å². The molecular formula is C16H17FN2O2. The summed E-state index contributed by atoms with van der Waals surface area (Å²) in [4.78, 5) is 15.2. The van der Waals surface area contributed by atoms with E-state index in [0.29, 0.717) is 6.42 Å². The van der Waals surface area contributed by atoms with Crippen LogP contribution in [0.5, 0.6) is 0 Å². The van der Waals surface area contributed by atoms with Crippen molar-refractivity contribution >= 4 is 5.97 Å². The van der Waals surface area contributed by atoms with Gasteiger partial charge in [-0.3, -0.25) is 4.79 Å². The molecule has 2 aromatic rings. The van der Waals surface area contributed by atoms with E-state index in [2.05, 4.69) is 9.72 Å². The van der Waals surface area contributed by atoms with E-state index in [-0.39, 0.29) is 0 Å². The normalized spacial score (nSPS) is 12.0. The Labute approximate surface area is 122 Å². The summed E-state index contributed by atoms with van der Waals surface area (Å²) < 4.78 is 17.8. The maximum atomic E-state index is 13.1. The number of esters is 1. The number of methoxy groups -OCH3 is 1. The lowest BCUT2D eigenvalue weighted by molar-refractivity contribution is -0.142. The fraction of sp³-hybridized carbons (Fsp3) is 0.250. The molecule has 0 amide bonds. The zero-order valence-corrected chi connectivity index (χ0v) is 12.0. The van der Waals surface area contributed by atoms with Crippen LogP contribution in [0, 0.1) is 12.9 Å². The molecule has 0 radical (unpaired) electrons. The zero-order valence-electron chi connectivity index (χ0n) is 12.0. The summed E-state index contributed by atoms with van der Waals surface area (Å²) in [7, 11) is 1.31. The van der Waals surface area contributed by atoms with Crippen LogP contribution in [-0.4, -0.2) is 24.1 Å². The number of aromatic nitrogens is 1. The monoisotopic (exact) mass is 288 g/mol. The Morgan fingerprint density at radius 1 is 1.38 bits per heavy atom. The van der Waals surface area contributed by atoms with E-state index in [0.717, 1.165) is 22.3 Å². The minimum absolute atomic E-state index is 0.347. The van der Waals surface area contributed by atoms with Crippen molar-refractivity contribution < 1.29 is 13.9 Å². The van der Waals surface area contributed by atoms with Crippen LogP contribution in [0.3, 0.4) is 0 Å². The van der Waals surface area contributed by atoms with Crippen molar-refractivity contribution in [2.24, 2.45) is 5.73 Å². The van der Waals surface area contributed by atoms with Gasteiger partial charge in [0.05, 0.1) is 7.11 Å². The fourth-order valence-corrected chi connectivity index (χ4v) is 2.24. The quantitative estimate of drug-likeness (QED) is 0.692. The van der Waals surface area contributed by atoms with Gasteiger partial charge in [0.1, 0.15) is 6.04 Å². The predicted molar refractivity (Wildman–Crippen MR) is 78.1 cm³/mol. The first-order chi connectivity index (χ1) is 10.0. The number of rotatable bonds is 4. The minimum atomic E-state index is -0.732. The van der Waals surface area contributed by atoms with Crippen LogP contribution >= 0.6 is 0 Å². The van der Waals surface area contributed by atoms with Crippen LogP contribution in [-0.2, 0) is 16.0 Å². The molecule has 1 aromatic carbocycles. The van der Waals surface area contributed by atoms with Crippen LogP contribution in [0.4, 0.5) is 4.39 Å². The number of nitrogens with zero attached hydrogens (tertiary/aromatic N) is 1. The van der Waals surface area contributed by atoms with Crippen LogP contribution in [0.1, 0.15) is 11.1 Å². The SMILES string of the molecule is COC(=O)[C@@H](N)Cc1ccccc1-c1cnc(F)cc1C. The van der Waals surface area contributed by atoms with Gasteiger partial charge >= 0.3 is 5.97 Å². The number of carbonyl (C=O) groups is 1. The Kier molecular flexibility index (Phi) is 4.65. The largest absolute Gasteiger partial charge is 0.468 e. The number of aryl methyl sites for hydroxylation is 1. The molecule has 1 atom stereocenters. The van der Waals surface area contributed by atoms with Crippen molar-refractivity contribution in [1.29, 1.82) is 0 Å². The molecular weight excluding hydrogens is 271 g/mol. The molecule has 0 aliphatic heterocycles. The molecule has 1 aromatic heterocycles. The van der Waals surface area contributed by atoms with Gasteiger partial charge in [0, 0.05) is 11.8 Å². The summed E-state index contributed by atoms with van der Waals surface area (Å²) in [6.07, 6.45) is 1.84. The molecule has 0 aliphatic carbocycles. The Morgan fingerprint density at radius 3 is 2.76 bits per heavy atom. The molecule has 0 bridgehead atoms. The Balaban J connectivity index is 2.39.